The molecule has 0 spiro atoms. The molecular formula is C15H28N2OS. The Balaban J connectivity index is 2.24. The van der Waals surface area contributed by atoms with E-state index in [-0.39, 0.29) is 11.8 Å². The largest absolute Gasteiger partial charge is 0.393 e. The summed E-state index contributed by atoms with van der Waals surface area (Å²) in [6.07, 6.45) is 8.07. The summed E-state index contributed by atoms with van der Waals surface area (Å²) in [7, 11) is 0. The van der Waals surface area contributed by atoms with E-state index in [1.807, 2.05) is 6.92 Å². The molecule has 0 radical (unpaired) electrons. The third-order valence-electron chi connectivity index (χ3n) is 4.22. The Hall–Kier alpha value is -0.640. The van der Waals surface area contributed by atoms with Gasteiger partial charge in [0, 0.05) is 6.54 Å². The lowest BCUT2D eigenvalue weighted by atomic mass is 9.81. The fourth-order valence-electron chi connectivity index (χ4n) is 2.83. The van der Waals surface area contributed by atoms with Gasteiger partial charge in [-0.05, 0) is 24.7 Å². The maximum absolute atomic E-state index is 12.0. The fourth-order valence-corrected chi connectivity index (χ4v) is 3.06. The van der Waals surface area contributed by atoms with E-state index in [0.29, 0.717) is 4.99 Å². The molecule has 1 unspecified atom stereocenters. The molecule has 1 atom stereocenters. The number of thiocarbonyl (C=S) groups is 1. The lowest BCUT2D eigenvalue weighted by Crippen LogP contribution is -2.38. The maximum atomic E-state index is 12.0. The van der Waals surface area contributed by atoms with Crippen molar-refractivity contribution in [2.75, 3.05) is 6.54 Å². The molecule has 0 heterocycles. The second kappa shape index (κ2) is 8.51. The first-order valence-electron chi connectivity index (χ1n) is 7.61. The van der Waals surface area contributed by atoms with Crippen LogP contribution < -0.4 is 11.1 Å². The van der Waals surface area contributed by atoms with Crippen molar-refractivity contribution < 1.29 is 4.79 Å². The molecule has 1 aliphatic carbocycles. The summed E-state index contributed by atoms with van der Waals surface area (Å²) in [5.74, 6) is 1.39. The van der Waals surface area contributed by atoms with Crippen LogP contribution in [0.2, 0.25) is 0 Å². The number of hydrogen-bond donors (Lipinski definition) is 2. The van der Waals surface area contributed by atoms with Crippen molar-refractivity contribution in [2.45, 2.75) is 58.8 Å². The first-order valence-corrected chi connectivity index (χ1v) is 8.02. The zero-order chi connectivity index (χ0) is 14.3. The second-order valence-electron chi connectivity index (χ2n) is 5.95. The zero-order valence-corrected chi connectivity index (χ0v) is 13.1. The third-order valence-corrected chi connectivity index (χ3v) is 4.51. The molecule has 1 aliphatic rings. The molecule has 0 bridgehead atoms. The highest BCUT2D eigenvalue weighted by atomic mass is 32.1. The van der Waals surface area contributed by atoms with Gasteiger partial charge in [0.2, 0.25) is 5.91 Å². The molecule has 110 valence electrons. The standard InChI is InChI=1S/C15H28N2OS/c1-3-4-13(14(16)19)15(18)17-10-9-12-7-5-11(2)6-8-12/h11-13H,3-10H2,1-2H3,(H2,16,19)(H,17,18). The van der Waals surface area contributed by atoms with Crippen molar-refractivity contribution >= 4 is 23.1 Å². The van der Waals surface area contributed by atoms with E-state index in [9.17, 15) is 4.79 Å². The Morgan fingerprint density at radius 3 is 2.53 bits per heavy atom. The molecular weight excluding hydrogens is 256 g/mol. The van der Waals surface area contributed by atoms with Crippen LogP contribution in [0.1, 0.15) is 58.8 Å². The molecule has 1 saturated carbocycles. The van der Waals surface area contributed by atoms with Crippen molar-refractivity contribution in [3.05, 3.63) is 0 Å². The summed E-state index contributed by atoms with van der Waals surface area (Å²) >= 11 is 4.96. The highest BCUT2D eigenvalue weighted by molar-refractivity contribution is 7.80. The molecule has 19 heavy (non-hydrogen) atoms. The Kier molecular flexibility index (Phi) is 7.36. The van der Waals surface area contributed by atoms with E-state index in [4.69, 9.17) is 18.0 Å². The SMILES string of the molecule is CCCC(C(=O)NCCC1CCC(C)CC1)C(N)=S. The number of hydrogen-bond acceptors (Lipinski definition) is 2. The monoisotopic (exact) mass is 284 g/mol. The molecule has 4 heteroatoms. The van der Waals surface area contributed by atoms with Crippen molar-refractivity contribution in [3.8, 4) is 0 Å². The first-order chi connectivity index (χ1) is 9.04. The Labute approximate surface area is 122 Å². The van der Waals surface area contributed by atoms with E-state index < -0.39 is 0 Å². The van der Waals surface area contributed by atoms with E-state index in [1.54, 1.807) is 0 Å². The normalized spacial score (nSPS) is 24.7. The van der Waals surface area contributed by atoms with Gasteiger partial charge in [0.05, 0.1) is 10.9 Å². The number of nitrogens with one attached hydrogen (secondary N) is 1. The summed E-state index contributed by atoms with van der Waals surface area (Å²) in [4.78, 5) is 12.3. The number of rotatable bonds is 7. The molecule has 0 aliphatic heterocycles. The molecule has 3 nitrogen and oxygen atoms in total. The van der Waals surface area contributed by atoms with Gasteiger partial charge in [-0.3, -0.25) is 4.79 Å². The maximum Gasteiger partial charge on any atom is 0.229 e. The molecule has 0 aromatic heterocycles. The molecule has 1 rings (SSSR count). The minimum Gasteiger partial charge on any atom is -0.393 e. The van der Waals surface area contributed by atoms with E-state index in [0.717, 1.165) is 37.6 Å². The molecule has 1 amide bonds. The van der Waals surface area contributed by atoms with Crippen LogP contribution in [0.15, 0.2) is 0 Å². The summed E-state index contributed by atoms with van der Waals surface area (Å²) in [6.45, 7) is 5.14. The Morgan fingerprint density at radius 1 is 1.37 bits per heavy atom. The van der Waals surface area contributed by atoms with Gasteiger partial charge >= 0.3 is 0 Å². The number of carbonyl (C=O) groups is 1. The molecule has 1 fully saturated rings. The second-order valence-corrected chi connectivity index (χ2v) is 6.42. The zero-order valence-electron chi connectivity index (χ0n) is 12.3. The van der Waals surface area contributed by atoms with Gasteiger partial charge in [0.15, 0.2) is 0 Å². The molecule has 0 aromatic carbocycles. The first kappa shape index (κ1) is 16.4. The molecule has 3 N–H and O–H groups in total. The van der Waals surface area contributed by atoms with Crippen LogP contribution >= 0.6 is 12.2 Å². The predicted molar refractivity (Wildman–Crippen MR) is 83.9 cm³/mol. The van der Waals surface area contributed by atoms with Crippen LogP contribution in [0.5, 0.6) is 0 Å². The van der Waals surface area contributed by atoms with Crippen molar-refractivity contribution in [1.82, 2.24) is 5.32 Å². The van der Waals surface area contributed by atoms with Gasteiger partial charge in [0.25, 0.3) is 0 Å². The predicted octanol–water partition coefficient (Wildman–Crippen LogP) is 3.02. The Bertz CT molecular complexity index is 299. The average Bonchev–Trinajstić information content (AvgIpc) is 2.37. The highest BCUT2D eigenvalue weighted by Crippen LogP contribution is 2.29. The number of carbonyl (C=O) groups excluding carboxylic acids is 1. The molecule has 0 saturated heterocycles. The van der Waals surface area contributed by atoms with Crippen LogP contribution in [-0.2, 0) is 4.79 Å². The summed E-state index contributed by atoms with van der Waals surface area (Å²) in [5.41, 5.74) is 5.62. The van der Waals surface area contributed by atoms with Gasteiger partial charge in [0.1, 0.15) is 0 Å². The lowest BCUT2D eigenvalue weighted by Gasteiger charge is -2.26. The topological polar surface area (TPSA) is 55.1 Å². The van der Waals surface area contributed by atoms with Crippen LogP contribution in [-0.4, -0.2) is 17.4 Å². The quantitative estimate of drug-likeness (QED) is 0.707. The smallest absolute Gasteiger partial charge is 0.229 e. The summed E-state index contributed by atoms with van der Waals surface area (Å²) < 4.78 is 0. The summed E-state index contributed by atoms with van der Waals surface area (Å²) in [5, 5.41) is 3.00. The van der Waals surface area contributed by atoms with Crippen molar-refractivity contribution in [3.63, 3.8) is 0 Å². The van der Waals surface area contributed by atoms with Crippen LogP contribution in [0, 0.1) is 17.8 Å². The van der Waals surface area contributed by atoms with E-state index in [2.05, 4.69) is 12.2 Å². The Morgan fingerprint density at radius 2 is 2.00 bits per heavy atom. The van der Waals surface area contributed by atoms with Crippen LogP contribution in [0.3, 0.4) is 0 Å². The van der Waals surface area contributed by atoms with Crippen LogP contribution in [0.4, 0.5) is 0 Å². The van der Waals surface area contributed by atoms with Gasteiger partial charge < -0.3 is 11.1 Å². The lowest BCUT2D eigenvalue weighted by molar-refractivity contribution is -0.123. The fraction of sp³-hybridized carbons (Fsp3) is 0.867. The highest BCUT2D eigenvalue weighted by Gasteiger charge is 2.21. The minimum atomic E-state index is -0.286. The molecule has 0 aromatic rings. The average molecular weight is 284 g/mol. The van der Waals surface area contributed by atoms with Gasteiger partial charge in [-0.1, -0.05) is 58.2 Å². The van der Waals surface area contributed by atoms with Crippen molar-refractivity contribution in [2.24, 2.45) is 23.5 Å². The van der Waals surface area contributed by atoms with E-state index in [1.165, 1.54) is 25.7 Å². The number of nitrogens with two attached hydrogens (primary N) is 1. The number of amides is 1. The summed E-state index contributed by atoms with van der Waals surface area (Å²) in [6, 6.07) is 0. The third kappa shape index (κ3) is 5.89. The van der Waals surface area contributed by atoms with E-state index >= 15 is 0 Å². The van der Waals surface area contributed by atoms with Gasteiger partial charge in [-0.25, -0.2) is 0 Å². The van der Waals surface area contributed by atoms with Gasteiger partial charge in [-0.15, -0.1) is 0 Å². The minimum absolute atomic E-state index is 0.0125. The van der Waals surface area contributed by atoms with Crippen molar-refractivity contribution in [1.29, 1.82) is 0 Å². The van der Waals surface area contributed by atoms with Crippen LogP contribution in [0.25, 0.3) is 0 Å². The van der Waals surface area contributed by atoms with Gasteiger partial charge in [-0.2, -0.15) is 0 Å².